The highest BCUT2D eigenvalue weighted by Crippen LogP contribution is 2.30. The lowest BCUT2D eigenvalue weighted by molar-refractivity contribution is 0.185. The Balaban J connectivity index is 1.71. The third-order valence-electron chi connectivity index (χ3n) is 4.21. The van der Waals surface area contributed by atoms with Crippen LogP contribution in [0.5, 0.6) is 5.75 Å². The van der Waals surface area contributed by atoms with Gasteiger partial charge in [0.05, 0.1) is 12.3 Å². The van der Waals surface area contributed by atoms with Crippen molar-refractivity contribution in [1.82, 2.24) is 4.90 Å². The van der Waals surface area contributed by atoms with Crippen LogP contribution in [-0.2, 0) is 6.61 Å². The van der Waals surface area contributed by atoms with Crippen LogP contribution in [0.2, 0.25) is 0 Å². The molecule has 5 nitrogen and oxygen atoms in total. The Morgan fingerprint density at radius 1 is 1.24 bits per heavy atom. The molecule has 1 fully saturated rings. The SMILES string of the molecule is Cc1ccc(NC(=O)N(CCO)C2CC2)c(OCc2ccccc2)c1. The van der Waals surface area contributed by atoms with Gasteiger partial charge in [-0.1, -0.05) is 36.4 Å². The lowest BCUT2D eigenvalue weighted by atomic mass is 10.2. The highest BCUT2D eigenvalue weighted by Gasteiger charge is 2.32. The number of aryl methyl sites for hydroxylation is 1. The second kappa shape index (κ2) is 8.03. The molecule has 3 rings (SSSR count). The molecule has 2 N–H and O–H groups in total. The van der Waals surface area contributed by atoms with Crippen LogP contribution in [-0.4, -0.2) is 35.2 Å². The van der Waals surface area contributed by atoms with Crippen molar-refractivity contribution in [3.8, 4) is 5.75 Å². The molecular formula is C20H24N2O3. The largest absolute Gasteiger partial charge is 0.487 e. The Morgan fingerprint density at radius 3 is 2.68 bits per heavy atom. The molecule has 1 aliphatic carbocycles. The molecule has 1 aliphatic rings. The summed E-state index contributed by atoms with van der Waals surface area (Å²) < 4.78 is 5.94. The monoisotopic (exact) mass is 340 g/mol. The lowest BCUT2D eigenvalue weighted by Crippen LogP contribution is -2.38. The Morgan fingerprint density at radius 2 is 2.00 bits per heavy atom. The van der Waals surface area contributed by atoms with Crippen molar-refractivity contribution in [3.05, 3.63) is 59.7 Å². The number of hydrogen-bond donors (Lipinski definition) is 2. The van der Waals surface area contributed by atoms with E-state index in [1.807, 2.05) is 55.5 Å². The first-order chi connectivity index (χ1) is 12.2. The number of hydrogen-bond acceptors (Lipinski definition) is 3. The zero-order valence-electron chi connectivity index (χ0n) is 14.4. The number of aliphatic hydroxyl groups excluding tert-OH is 1. The van der Waals surface area contributed by atoms with Gasteiger partial charge in [-0.15, -0.1) is 0 Å². The molecule has 132 valence electrons. The molecule has 0 aromatic heterocycles. The van der Waals surface area contributed by atoms with E-state index in [-0.39, 0.29) is 18.7 Å². The molecule has 1 saturated carbocycles. The van der Waals surface area contributed by atoms with Gasteiger partial charge < -0.3 is 20.1 Å². The third-order valence-corrected chi connectivity index (χ3v) is 4.21. The maximum atomic E-state index is 12.5. The number of aliphatic hydroxyl groups is 1. The molecule has 25 heavy (non-hydrogen) atoms. The predicted molar refractivity (Wildman–Crippen MR) is 97.8 cm³/mol. The summed E-state index contributed by atoms with van der Waals surface area (Å²) in [4.78, 5) is 14.2. The molecule has 0 bridgehead atoms. The van der Waals surface area contributed by atoms with Crippen molar-refractivity contribution in [2.75, 3.05) is 18.5 Å². The van der Waals surface area contributed by atoms with Gasteiger partial charge in [0.25, 0.3) is 0 Å². The standard InChI is InChI=1S/C20H24N2O3/c1-15-7-10-18(21-20(24)22(11-12-23)17-8-9-17)19(13-15)25-14-16-5-3-2-4-6-16/h2-7,10,13,17,23H,8-9,11-12,14H2,1H3,(H,21,24). The Hall–Kier alpha value is -2.53. The molecule has 0 radical (unpaired) electrons. The van der Waals surface area contributed by atoms with Gasteiger partial charge in [-0.25, -0.2) is 4.79 Å². The second-order valence-corrected chi connectivity index (χ2v) is 6.35. The summed E-state index contributed by atoms with van der Waals surface area (Å²) >= 11 is 0. The summed E-state index contributed by atoms with van der Waals surface area (Å²) in [5.41, 5.74) is 2.78. The maximum Gasteiger partial charge on any atom is 0.322 e. The number of rotatable bonds is 7. The van der Waals surface area contributed by atoms with Crippen molar-refractivity contribution >= 4 is 11.7 Å². The van der Waals surface area contributed by atoms with Gasteiger partial charge in [-0.2, -0.15) is 0 Å². The smallest absolute Gasteiger partial charge is 0.322 e. The fourth-order valence-corrected chi connectivity index (χ4v) is 2.72. The van der Waals surface area contributed by atoms with Crippen LogP contribution in [0.1, 0.15) is 24.0 Å². The van der Waals surface area contributed by atoms with Gasteiger partial charge in [0, 0.05) is 12.6 Å². The number of nitrogens with zero attached hydrogens (tertiary/aromatic N) is 1. The molecule has 0 heterocycles. The van der Waals surface area contributed by atoms with E-state index >= 15 is 0 Å². The van der Waals surface area contributed by atoms with E-state index in [1.54, 1.807) is 4.90 Å². The number of nitrogens with one attached hydrogen (secondary N) is 1. The van der Waals surface area contributed by atoms with Crippen LogP contribution >= 0.6 is 0 Å². The van der Waals surface area contributed by atoms with Crippen LogP contribution in [0.4, 0.5) is 10.5 Å². The van der Waals surface area contributed by atoms with E-state index in [4.69, 9.17) is 4.74 Å². The molecule has 2 aromatic rings. The van der Waals surface area contributed by atoms with Crippen molar-refractivity contribution in [2.24, 2.45) is 0 Å². The minimum atomic E-state index is -0.190. The van der Waals surface area contributed by atoms with E-state index in [1.165, 1.54) is 0 Å². The summed E-state index contributed by atoms with van der Waals surface area (Å²) in [6.45, 7) is 2.75. The van der Waals surface area contributed by atoms with Crippen LogP contribution in [0.15, 0.2) is 48.5 Å². The van der Waals surface area contributed by atoms with Crippen molar-refractivity contribution < 1.29 is 14.6 Å². The summed E-state index contributed by atoms with van der Waals surface area (Å²) in [5, 5.41) is 12.1. The van der Waals surface area contributed by atoms with Gasteiger partial charge in [0.1, 0.15) is 12.4 Å². The molecule has 0 saturated heterocycles. The van der Waals surface area contributed by atoms with Gasteiger partial charge in [-0.3, -0.25) is 0 Å². The van der Waals surface area contributed by atoms with Gasteiger partial charge in [0.15, 0.2) is 0 Å². The molecule has 0 atom stereocenters. The first-order valence-electron chi connectivity index (χ1n) is 8.63. The fraction of sp³-hybridized carbons (Fsp3) is 0.350. The van der Waals surface area contributed by atoms with Gasteiger partial charge in [0.2, 0.25) is 0 Å². The highest BCUT2D eigenvalue weighted by molar-refractivity contribution is 5.91. The van der Waals surface area contributed by atoms with E-state index < -0.39 is 0 Å². The molecule has 2 amide bonds. The van der Waals surface area contributed by atoms with Gasteiger partial charge in [-0.05, 0) is 43.0 Å². The highest BCUT2D eigenvalue weighted by atomic mass is 16.5. The minimum Gasteiger partial charge on any atom is -0.487 e. The Kier molecular flexibility index (Phi) is 5.56. The summed E-state index contributed by atoms with van der Waals surface area (Å²) in [6, 6.07) is 15.7. The fourth-order valence-electron chi connectivity index (χ4n) is 2.72. The Bertz CT molecular complexity index is 714. The number of ether oxygens (including phenoxy) is 1. The van der Waals surface area contributed by atoms with Crippen LogP contribution < -0.4 is 10.1 Å². The average molecular weight is 340 g/mol. The molecule has 2 aromatic carbocycles. The Labute approximate surface area is 148 Å². The number of amides is 2. The summed E-state index contributed by atoms with van der Waals surface area (Å²) in [6.07, 6.45) is 2.00. The van der Waals surface area contributed by atoms with E-state index in [2.05, 4.69) is 5.32 Å². The van der Waals surface area contributed by atoms with Crippen molar-refractivity contribution in [2.45, 2.75) is 32.4 Å². The van der Waals surface area contributed by atoms with E-state index in [0.717, 1.165) is 24.0 Å². The zero-order valence-corrected chi connectivity index (χ0v) is 14.4. The molecule has 5 heteroatoms. The van der Waals surface area contributed by atoms with E-state index in [0.29, 0.717) is 24.6 Å². The second-order valence-electron chi connectivity index (χ2n) is 6.35. The van der Waals surface area contributed by atoms with Gasteiger partial charge >= 0.3 is 6.03 Å². The van der Waals surface area contributed by atoms with Crippen LogP contribution in [0.25, 0.3) is 0 Å². The number of carbonyl (C=O) groups excluding carboxylic acids is 1. The normalized spacial score (nSPS) is 13.4. The zero-order chi connectivity index (χ0) is 17.6. The minimum absolute atomic E-state index is 0.0326. The van der Waals surface area contributed by atoms with Crippen molar-refractivity contribution in [1.29, 1.82) is 0 Å². The maximum absolute atomic E-state index is 12.5. The molecule has 0 spiro atoms. The van der Waals surface area contributed by atoms with E-state index in [9.17, 15) is 9.90 Å². The number of anilines is 1. The quantitative estimate of drug-likeness (QED) is 0.810. The third kappa shape index (κ3) is 4.73. The summed E-state index contributed by atoms with van der Waals surface area (Å²) in [5.74, 6) is 0.650. The lowest BCUT2D eigenvalue weighted by Gasteiger charge is -2.22. The topological polar surface area (TPSA) is 61.8 Å². The average Bonchev–Trinajstić information content (AvgIpc) is 3.45. The number of urea groups is 1. The molecule has 0 aliphatic heterocycles. The first kappa shape index (κ1) is 17.3. The first-order valence-corrected chi connectivity index (χ1v) is 8.63. The number of benzene rings is 2. The van der Waals surface area contributed by atoms with Crippen LogP contribution in [0, 0.1) is 6.92 Å². The van der Waals surface area contributed by atoms with Crippen LogP contribution in [0.3, 0.4) is 0 Å². The summed E-state index contributed by atoms with van der Waals surface area (Å²) in [7, 11) is 0. The number of carbonyl (C=O) groups is 1. The van der Waals surface area contributed by atoms with Crippen molar-refractivity contribution in [3.63, 3.8) is 0 Å². The molecule has 0 unspecified atom stereocenters. The molecular weight excluding hydrogens is 316 g/mol. The predicted octanol–water partition coefficient (Wildman–Crippen LogP) is 3.56.